The molecule has 4 N–H and O–H groups in total. The Labute approximate surface area is 232 Å². The summed E-state index contributed by atoms with van der Waals surface area (Å²) in [5.41, 5.74) is 10.3. The highest BCUT2D eigenvalue weighted by Crippen LogP contribution is 2.45. The first-order valence-electron chi connectivity index (χ1n) is 12.5. The molecule has 2 atom stereocenters. The fourth-order valence-electron chi connectivity index (χ4n) is 4.65. The van der Waals surface area contributed by atoms with Gasteiger partial charge in [0, 0.05) is 36.6 Å². The molecule has 1 saturated carbocycles. The van der Waals surface area contributed by atoms with Crippen LogP contribution in [0.3, 0.4) is 0 Å². The lowest BCUT2D eigenvalue weighted by atomic mass is 9.96. The highest BCUT2D eigenvalue weighted by molar-refractivity contribution is 6.33. The Morgan fingerprint density at radius 2 is 1.82 bits per heavy atom. The fraction of sp³-hybridized carbons (Fsp3) is 0.407. The largest absolute Gasteiger partial charge is 0.383 e. The summed E-state index contributed by atoms with van der Waals surface area (Å²) in [5.74, 6) is -0.836. The van der Waals surface area contributed by atoms with Crippen LogP contribution in [0.4, 0.5) is 5.82 Å². The van der Waals surface area contributed by atoms with Crippen molar-refractivity contribution >= 4 is 46.3 Å². The molecule has 1 aromatic carbocycles. The number of carbonyl (C=O) groups excluding carboxylic acids is 1. The van der Waals surface area contributed by atoms with Crippen molar-refractivity contribution in [3.05, 3.63) is 58.1 Å². The van der Waals surface area contributed by atoms with Gasteiger partial charge in [-0.2, -0.15) is 10.1 Å². The van der Waals surface area contributed by atoms with E-state index in [0.717, 1.165) is 31.1 Å². The summed E-state index contributed by atoms with van der Waals surface area (Å²) >= 11 is 12.6. The van der Waals surface area contributed by atoms with Crippen LogP contribution in [-0.4, -0.2) is 46.6 Å². The third-order valence-electron chi connectivity index (χ3n) is 6.03. The third kappa shape index (κ3) is 6.91. The van der Waals surface area contributed by atoms with Gasteiger partial charge in [-0.1, -0.05) is 43.6 Å². The monoisotopic (exact) mass is 560 g/mol. The van der Waals surface area contributed by atoms with E-state index in [1.807, 2.05) is 45.3 Å². The van der Waals surface area contributed by atoms with E-state index < -0.39 is 5.79 Å². The Balaban J connectivity index is 0.000000515. The van der Waals surface area contributed by atoms with Gasteiger partial charge in [-0.25, -0.2) is 4.98 Å². The molecule has 11 heteroatoms. The van der Waals surface area contributed by atoms with Crippen molar-refractivity contribution in [3.8, 4) is 11.3 Å². The Morgan fingerprint density at radius 1 is 1.13 bits per heavy atom. The number of aromatic nitrogens is 5. The molecule has 1 fully saturated rings. The van der Waals surface area contributed by atoms with Crippen LogP contribution >= 0.6 is 23.2 Å². The molecular formula is C27H34Cl2N6O3. The van der Waals surface area contributed by atoms with Gasteiger partial charge in [-0.3, -0.25) is 9.48 Å². The summed E-state index contributed by atoms with van der Waals surface area (Å²) in [6.45, 7) is 6.60. The number of nitrogen functional groups attached to an aromatic ring is 1. The van der Waals surface area contributed by atoms with E-state index in [-0.39, 0.29) is 11.3 Å². The molecule has 3 heterocycles. The minimum absolute atomic E-state index is 0.108. The molecule has 38 heavy (non-hydrogen) atoms. The molecule has 5 rings (SSSR count). The summed E-state index contributed by atoms with van der Waals surface area (Å²) in [7, 11) is 1.82. The van der Waals surface area contributed by atoms with Crippen molar-refractivity contribution in [2.45, 2.75) is 64.7 Å². The van der Waals surface area contributed by atoms with Crippen molar-refractivity contribution in [1.82, 2.24) is 24.3 Å². The van der Waals surface area contributed by atoms with E-state index in [0.29, 0.717) is 39.0 Å². The fourth-order valence-corrected chi connectivity index (χ4v) is 5.10. The maximum atomic E-state index is 11.2. The van der Waals surface area contributed by atoms with Crippen molar-refractivity contribution in [3.63, 3.8) is 0 Å². The zero-order chi connectivity index (χ0) is 28.2. The molecule has 0 radical (unpaired) electrons. The summed E-state index contributed by atoms with van der Waals surface area (Å²) in [5, 5.41) is 22.0. The van der Waals surface area contributed by atoms with Crippen LogP contribution in [0.25, 0.3) is 22.3 Å². The first kappa shape index (κ1) is 29.6. The van der Waals surface area contributed by atoms with Crippen LogP contribution in [0.1, 0.15) is 74.8 Å². The number of hydrogen-bond acceptors (Lipinski definition) is 7. The van der Waals surface area contributed by atoms with E-state index in [4.69, 9.17) is 39.1 Å². The lowest BCUT2D eigenvalue weighted by Gasteiger charge is -2.15. The number of halogens is 2. The summed E-state index contributed by atoms with van der Waals surface area (Å²) in [4.78, 5) is 19.8. The molecule has 204 valence electrons. The number of carbonyl (C=O) groups is 1. The molecule has 0 aliphatic heterocycles. The quantitative estimate of drug-likeness (QED) is 0.164. The number of benzene rings is 1. The highest BCUT2D eigenvalue weighted by atomic mass is 35.5. The SMILES string of the molecule is CC.CC(C)(O)O.Cn1cc(Cl)c(-c2cn(C3CCC(c4cccc(C=O)c4)C3)c3nc(Cl)nc(N)c23)n1. The number of nitrogens with zero attached hydrogens (tertiary/aromatic N) is 5. The molecule has 9 nitrogen and oxygen atoms in total. The molecular weight excluding hydrogens is 527 g/mol. The predicted octanol–water partition coefficient (Wildman–Crippen LogP) is 5.78. The lowest BCUT2D eigenvalue weighted by Crippen LogP contribution is -2.15. The van der Waals surface area contributed by atoms with Crippen molar-refractivity contribution in [2.24, 2.45) is 7.05 Å². The number of aldehydes is 1. The molecule has 1 aliphatic rings. The topological polar surface area (TPSA) is 132 Å². The average Bonchev–Trinajstić information content (AvgIpc) is 3.56. The number of rotatable bonds is 4. The number of anilines is 1. The van der Waals surface area contributed by atoms with Crippen LogP contribution in [0, 0.1) is 0 Å². The van der Waals surface area contributed by atoms with Crippen LogP contribution in [0.2, 0.25) is 10.3 Å². The summed E-state index contributed by atoms with van der Waals surface area (Å²) in [6, 6.07) is 8.03. The van der Waals surface area contributed by atoms with E-state index >= 15 is 0 Å². The third-order valence-corrected chi connectivity index (χ3v) is 6.47. The molecule has 0 spiro atoms. The second kappa shape index (κ2) is 12.3. The second-order valence-corrected chi connectivity index (χ2v) is 10.2. The van der Waals surface area contributed by atoms with Gasteiger partial charge in [0.1, 0.15) is 23.4 Å². The zero-order valence-electron chi connectivity index (χ0n) is 22.2. The molecule has 4 aromatic rings. The van der Waals surface area contributed by atoms with Gasteiger partial charge in [0.2, 0.25) is 5.28 Å². The minimum Gasteiger partial charge on any atom is -0.383 e. The Bertz CT molecular complexity index is 1400. The molecule has 0 saturated heterocycles. The highest BCUT2D eigenvalue weighted by Gasteiger charge is 2.30. The average molecular weight is 562 g/mol. The first-order valence-corrected chi connectivity index (χ1v) is 13.2. The van der Waals surface area contributed by atoms with Crippen LogP contribution < -0.4 is 5.73 Å². The van der Waals surface area contributed by atoms with E-state index in [2.05, 4.69) is 25.7 Å². The minimum atomic E-state index is -1.50. The summed E-state index contributed by atoms with van der Waals surface area (Å²) in [6.07, 6.45) is 7.55. The van der Waals surface area contributed by atoms with Gasteiger partial charge in [-0.15, -0.1) is 0 Å². The van der Waals surface area contributed by atoms with Gasteiger partial charge in [0.15, 0.2) is 5.79 Å². The molecule has 0 amide bonds. The second-order valence-electron chi connectivity index (χ2n) is 9.47. The van der Waals surface area contributed by atoms with Crippen LogP contribution in [0.15, 0.2) is 36.7 Å². The number of fused-ring (bicyclic) bond motifs is 1. The van der Waals surface area contributed by atoms with Crippen molar-refractivity contribution in [1.29, 1.82) is 0 Å². The maximum absolute atomic E-state index is 11.2. The Morgan fingerprint density at radius 3 is 2.42 bits per heavy atom. The normalized spacial score (nSPS) is 17.0. The summed E-state index contributed by atoms with van der Waals surface area (Å²) < 4.78 is 3.79. The maximum Gasteiger partial charge on any atom is 0.226 e. The van der Waals surface area contributed by atoms with E-state index in [9.17, 15) is 4.79 Å². The van der Waals surface area contributed by atoms with Crippen LogP contribution in [0.5, 0.6) is 0 Å². The molecule has 2 unspecified atom stereocenters. The number of aryl methyl sites for hydroxylation is 1. The van der Waals surface area contributed by atoms with Crippen LogP contribution in [-0.2, 0) is 7.05 Å². The number of aliphatic hydroxyl groups is 2. The first-order chi connectivity index (χ1) is 17.9. The van der Waals surface area contributed by atoms with Gasteiger partial charge >= 0.3 is 0 Å². The van der Waals surface area contributed by atoms with Gasteiger partial charge in [0.25, 0.3) is 0 Å². The smallest absolute Gasteiger partial charge is 0.226 e. The van der Waals surface area contributed by atoms with Crippen molar-refractivity contribution < 1.29 is 15.0 Å². The number of hydrogen-bond donors (Lipinski definition) is 3. The van der Waals surface area contributed by atoms with Gasteiger partial charge in [0.05, 0.1) is 10.4 Å². The Kier molecular flexibility index (Phi) is 9.54. The molecule has 0 bridgehead atoms. The van der Waals surface area contributed by atoms with Gasteiger partial charge < -0.3 is 20.5 Å². The number of nitrogens with two attached hydrogens (primary N) is 1. The zero-order valence-corrected chi connectivity index (χ0v) is 23.7. The predicted molar refractivity (Wildman–Crippen MR) is 151 cm³/mol. The van der Waals surface area contributed by atoms with E-state index in [1.165, 1.54) is 19.4 Å². The van der Waals surface area contributed by atoms with Gasteiger partial charge in [-0.05, 0) is 62.3 Å². The standard InChI is InChI=1S/C22H20Cl2N6O.C3H8O2.C2H6/c1-29-10-17(23)19(28-29)16-9-30(21-18(16)20(25)26-22(24)27-21)15-6-5-14(8-15)13-4-2-3-12(7-13)11-31;1-3(2,4)5;1-2/h2-4,7,9-11,14-15H,5-6,8H2,1H3,(H2,25,26,27);4-5H,1-2H3;1-2H3. The lowest BCUT2D eigenvalue weighted by molar-refractivity contribution is -0.127. The molecule has 3 aromatic heterocycles. The van der Waals surface area contributed by atoms with E-state index in [1.54, 1.807) is 10.9 Å². The van der Waals surface area contributed by atoms with Crippen molar-refractivity contribution in [2.75, 3.05) is 5.73 Å². The Hall–Kier alpha value is -2.98. The molecule has 1 aliphatic carbocycles.